The second kappa shape index (κ2) is 9.10. The maximum Gasteiger partial charge on any atom is 0.573 e. The second-order valence-corrected chi connectivity index (χ2v) is 11.8. The van der Waals surface area contributed by atoms with Gasteiger partial charge in [0.1, 0.15) is 22.8 Å². The molecule has 0 radical (unpaired) electrons. The van der Waals surface area contributed by atoms with Gasteiger partial charge in [-0.05, 0) is 32.9 Å². The fourth-order valence-corrected chi connectivity index (χ4v) is 6.33. The largest absolute Gasteiger partial charge is 0.573 e. The molecule has 1 aromatic carbocycles. The fraction of sp³-hybridized carbons (Fsp3) is 0.435. The molecule has 0 heterocycles. The molecule has 0 unspecified atom stereocenters. The van der Waals surface area contributed by atoms with E-state index in [0.717, 1.165) is 0 Å². The maximum absolute atomic E-state index is 13.8. The van der Waals surface area contributed by atoms with Crippen molar-refractivity contribution < 1.29 is 61.1 Å². The average molecular weight is 592 g/mol. The lowest BCUT2D eigenvalue weighted by Crippen LogP contribution is -2.65. The molecule has 40 heavy (non-hydrogen) atoms. The molecule has 4 atom stereocenters. The van der Waals surface area contributed by atoms with Crippen molar-refractivity contribution in [2.75, 3.05) is 25.1 Å². The van der Waals surface area contributed by atoms with Gasteiger partial charge < -0.3 is 30.9 Å². The van der Waals surface area contributed by atoms with Crippen molar-refractivity contribution in [3.63, 3.8) is 0 Å². The van der Waals surface area contributed by atoms with E-state index in [9.17, 15) is 56.4 Å². The van der Waals surface area contributed by atoms with E-state index in [1.165, 1.54) is 19.0 Å². The lowest BCUT2D eigenvalue weighted by Gasteiger charge is -2.50. The number of primary amides is 1. The number of rotatable bonds is 5. The maximum atomic E-state index is 13.8. The number of benzene rings is 1. The van der Waals surface area contributed by atoms with Gasteiger partial charge in [-0.15, -0.1) is 13.2 Å². The number of fused-ring (bicyclic) bond motifs is 3. The Morgan fingerprint density at radius 2 is 1.82 bits per heavy atom. The summed E-state index contributed by atoms with van der Waals surface area (Å²) in [6.45, 7) is 0. The number of halogens is 3. The molecule has 7 N–H and O–H groups in total. The van der Waals surface area contributed by atoms with Gasteiger partial charge in [0.15, 0.2) is 17.1 Å². The predicted molar refractivity (Wildman–Crippen MR) is 129 cm³/mol. The number of nitrogens with zero attached hydrogens (tertiary/aromatic N) is 1. The van der Waals surface area contributed by atoms with Crippen LogP contribution in [0.5, 0.6) is 11.5 Å². The van der Waals surface area contributed by atoms with Gasteiger partial charge in [-0.25, -0.2) is 8.42 Å². The minimum Gasteiger partial charge on any atom is -0.508 e. The van der Waals surface area contributed by atoms with Crippen molar-refractivity contribution in [1.29, 1.82) is 0 Å². The third-order valence-corrected chi connectivity index (χ3v) is 7.79. The summed E-state index contributed by atoms with van der Waals surface area (Å²) in [6, 6.07) is -0.833. The molecule has 4 rings (SSSR count). The van der Waals surface area contributed by atoms with Crippen LogP contribution < -0.4 is 15.2 Å². The Balaban J connectivity index is 2.01. The van der Waals surface area contributed by atoms with Crippen molar-refractivity contribution in [3.8, 4) is 11.5 Å². The highest BCUT2D eigenvalue weighted by Gasteiger charge is 2.64. The van der Waals surface area contributed by atoms with Crippen LogP contribution in [0, 0.1) is 11.8 Å². The van der Waals surface area contributed by atoms with Gasteiger partial charge in [0.25, 0.3) is 5.91 Å². The van der Waals surface area contributed by atoms with Crippen molar-refractivity contribution in [2.24, 2.45) is 17.6 Å². The Morgan fingerprint density at radius 1 is 1.23 bits per heavy atom. The Hall–Kier alpha value is -3.83. The quantitative estimate of drug-likeness (QED) is 0.201. The number of aromatic hydroxyl groups is 1. The number of carbonyl (C=O) groups excluding carboxylic acids is 3. The number of phenols is 1. The number of hydrogen-bond donors (Lipinski definition) is 6. The summed E-state index contributed by atoms with van der Waals surface area (Å²) in [6.07, 6.45) is -5.53. The summed E-state index contributed by atoms with van der Waals surface area (Å²) in [4.78, 5) is 40.1. The summed E-state index contributed by atoms with van der Waals surface area (Å²) in [5, 5.41) is 44.3. The SMILES string of the molecule is CN(C)[C@@H]1C(=O)C(C(N)=O)=C(O)[C@@]2(O)C(=O)C3=C(O)c4c(O)c(NS(C)(=O)=O)cc(OC(F)(F)F)c4C[C@H]3C[C@@H]12. The van der Waals surface area contributed by atoms with Gasteiger partial charge in [-0.3, -0.25) is 24.0 Å². The topological polar surface area (TPSA) is 217 Å². The number of sulfonamides is 1. The van der Waals surface area contributed by atoms with Crippen LogP contribution in [0.4, 0.5) is 18.9 Å². The Kier molecular flexibility index (Phi) is 6.63. The highest BCUT2D eigenvalue weighted by molar-refractivity contribution is 7.92. The van der Waals surface area contributed by atoms with Crippen molar-refractivity contribution >= 4 is 38.9 Å². The Labute approximate surface area is 224 Å². The normalized spacial score (nSPS) is 26.9. The summed E-state index contributed by atoms with van der Waals surface area (Å²) >= 11 is 0. The first kappa shape index (κ1) is 29.2. The van der Waals surface area contributed by atoms with E-state index in [-0.39, 0.29) is 6.42 Å². The number of phenolic OH excluding ortho intramolecular Hbond substituents is 1. The molecular formula is C23H24F3N3O10S. The first-order valence-corrected chi connectivity index (χ1v) is 13.4. The molecule has 0 saturated heterocycles. The number of amides is 1. The summed E-state index contributed by atoms with van der Waals surface area (Å²) in [5.74, 6) is -11.0. The van der Waals surface area contributed by atoms with Crippen LogP contribution in [0.25, 0.3) is 5.76 Å². The molecule has 1 fully saturated rings. The van der Waals surface area contributed by atoms with Crippen molar-refractivity contribution in [1.82, 2.24) is 4.90 Å². The first-order chi connectivity index (χ1) is 18.2. The minimum atomic E-state index is -5.29. The molecule has 3 aliphatic rings. The molecule has 1 amide bonds. The smallest absolute Gasteiger partial charge is 0.508 e. The molecule has 218 valence electrons. The Bertz CT molecular complexity index is 1530. The summed E-state index contributed by atoms with van der Waals surface area (Å²) in [7, 11) is -1.40. The van der Waals surface area contributed by atoms with Crippen LogP contribution in [0.2, 0.25) is 0 Å². The highest BCUT2D eigenvalue weighted by atomic mass is 32.2. The van der Waals surface area contributed by atoms with E-state index in [2.05, 4.69) is 4.74 Å². The molecule has 1 aromatic rings. The van der Waals surface area contributed by atoms with Crippen molar-refractivity contribution in [2.45, 2.75) is 30.8 Å². The van der Waals surface area contributed by atoms with Gasteiger partial charge >= 0.3 is 6.36 Å². The third kappa shape index (κ3) is 4.43. The number of carbonyl (C=O) groups is 3. The number of likely N-dealkylation sites (N-methyl/N-ethyl adjacent to an activating group) is 1. The number of anilines is 1. The molecule has 13 nitrogen and oxygen atoms in total. The van der Waals surface area contributed by atoms with Crippen LogP contribution in [0.1, 0.15) is 17.5 Å². The van der Waals surface area contributed by atoms with Gasteiger partial charge in [0.2, 0.25) is 15.8 Å². The van der Waals surface area contributed by atoms with Crippen molar-refractivity contribution in [3.05, 3.63) is 34.1 Å². The lowest BCUT2D eigenvalue weighted by molar-refractivity contribution is -0.275. The molecule has 0 bridgehead atoms. The molecule has 1 saturated carbocycles. The zero-order valence-electron chi connectivity index (χ0n) is 21.0. The molecule has 0 aliphatic heterocycles. The summed E-state index contributed by atoms with van der Waals surface area (Å²) in [5.41, 5.74) is -1.46. The lowest BCUT2D eigenvalue weighted by atomic mass is 9.57. The predicted octanol–water partition coefficient (Wildman–Crippen LogP) is 0.234. The average Bonchev–Trinajstić information content (AvgIpc) is 2.77. The second-order valence-electron chi connectivity index (χ2n) is 10.0. The third-order valence-electron chi connectivity index (χ3n) is 7.20. The van der Waals surface area contributed by atoms with Gasteiger partial charge in [-0.1, -0.05) is 0 Å². The van der Waals surface area contributed by atoms with Gasteiger partial charge in [0.05, 0.1) is 23.5 Å². The fourth-order valence-electron chi connectivity index (χ4n) is 5.77. The first-order valence-electron chi connectivity index (χ1n) is 11.5. The Morgan fingerprint density at radius 3 is 2.33 bits per heavy atom. The molecular weight excluding hydrogens is 567 g/mol. The molecule has 0 aromatic heterocycles. The molecule has 0 spiro atoms. The number of hydrogen-bond acceptors (Lipinski definition) is 11. The number of nitrogens with one attached hydrogen (secondary N) is 1. The molecule has 17 heteroatoms. The van der Waals surface area contributed by atoms with Crippen LogP contribution >= 0.6 is 0 Å². The van der Waals surface area contributed by atoms with Crippen LogP contribution in [-0.2, 0) is 30.8 Å². The van der Waals surface area contributed by atoms with Gasteiger partial charge in [-0.2, -0.15) is 0 Å². The number of Topliss-reactive ketones (excluding diaryl/α,β-unsaturated/α-hetero) is 2. The van der Waals surface area contributed by atoms with Crippen LogP contribution in [0.3, 0.4) is 0 Å². The number of alkyl halides is 3. The van der Waals surface area contributed by atoms with E-state index in [1.807, 2.05) is 0 Å². The van der Waals surface area contributed by atoms with Crippen LogP contribution in [-0.4, -0.2) is 89.6 Å². The van der Waals surface area contributed by atoms with Gasteiger partial charge in [0, 0.05) is 23.1 Å². The minimum absolute atomic E-state index is 0.374. The van der Waals surface area contributed by atoms with E-state index in [4.69, 9.17) is 5.73 Å². The number of ketones is 2. The standard InChI is InChI=1S/C23H24F3N3O10S/c1-29(2)15-9-5-7-4-8-11(39-23(24,25)26)6-10(28-40(3,37)38)16(30)13(8)17(31)12(7)19(33)22(9,36)20(34)14(18(15)32)21(27)35/h6-7,9,15,28,30-31,34,36H,4-5H2,1-3H3,(H2,27,35)/t7-,9-,15-,22-/m0/s1. The number of ether oxygens (including phenoxy) is 1. The van der Waals surface area contributed by atoms with Crippen LogP contribution in [0.15, 0.2) is 23.0 Å². The monoisotopic (exact) mass is 591 g/mol. The van der Waals surface area contributed by atoms with E-state index in [1.54, 1.807) is 4.72 Å². The summed E-state index contributed by atoms with van der Waals surface area (Å²) < 4.78 is 69.2. The number of nitrogens with two attached hydrogens (primary N) is 1. The zero-order chi connectivity index (χ0) is 30.3. The van der Waals surface area contributed by atoms with E-state index < -0.39 is 115 Å². The number of aliphatic hydroxyl groups excluding tert-OH is 2. The van der Waals surface area contributed by atoms with E-state index >= 15 is 0 Å². The molecule has 3 aliphatic carbocycles. The number of aliphatic hydroxyl groups is 3. The zero-order valence-corrected chi connectivity index (χ0v) is 21.8. The highest BCUT2D eigenvalue weighted by Crippen LogP contribution is 2.55. The van der Waals surface area contributed by atoms with E-state index in [0.29, 0.717) is 12.3 Å².